The standard InChI is InChI=1S/C11H20N2O3/c1-4-9-11(15)13(10(14)7-12-9)5-6-16-8(2)3/h8-9,12H,4-7H2,1-3H3. The number of nitrogens with zero attached hydrogens (tertiary/aromatic N) is 1. The van der Waals surface area contributed by atoms with Gasteiger partial charge < -0.3 is 4.74 Å². The van der Waals surface area contributed by atoms with Crippen LogP contribution in [-0.2, 0) is 14.3 Å². The summed E-state index contributed by atoms with van der Waals surface area (Å²) in [5, 5.41) is 2.92. The van der Waals surface area contributed by atoms with Gasteiger partial charge in [0.05, 0.1) is 31.8 Å². The first-order valence-corrected chi connectivity index (χ1v) is 5.75. The van der Waals surface area contributed by atoms with Crippen molar-refractivity contribution in [1.82, 2.24) is 10.2 Å². The van der Waals surface area contributed by atoms with Gasteiger partial charge in [-0.3, -0.25) is 19.8 Å². The molecule has 1 fully saturated rings. The Labute approximate surface area is 96.1 Å². The third kappa shape index (κ3) is 3.28. The lowest BCUT2D eigenvalue weighted by Crippen LogP contribution is -2.58. The molecule has 1 aliphatic rings. The molecule has 0 aliphatic carbocycles. The molecule has 1 heterocycles. The molecule has 92 valence electrons. The normalized spacial score (nSPS) is 22.0. The Morgan fingerprint density at radius 1 is 1.50 bits per heavy atom. The maximum atomic E-state index is 11.8. The average molecular weight is 228 g/mol. The van der Waals surface area contributed by atoms with E-state index in [2.05, 4.69) is 5.32 Å². The maximum absolute atomic E-state index is 11.8. The van der Waals surface area contributed by atoms with E-state index in [1.807, 2.05) is 20.8 Å². The monoisotopic (exact) mass is 228 g/mol. The minimum Gasteiger partial charge on any atom is -0.377 e. The fourth-order valence-corrected chi connectivity index (χ4v) is 1.64. The summed E-state index contributed by atoms with van der Waals surface area (Å²) in [5.74, 6) is -0.298. The van der Waals surface area contributed by atoms with Crippen molar-refractivity contribution in [2.45, 2.75) is 39.3 Å². The average Bonchev–Trinajstić information content (AvgIpc) is 2.23. The Morgan fingerprint density at radius 3 is 2.75 bits per heavy atom. The highest BCUT2D eigenvalue weighted by Crippen LogP contribution is 2.05. The Kier molecular flexibility index (Phi) is 4.89. The van der Waals surface area contributed by atoms with Gasteiger partial charge in [0.15, 0.2) is 0 Å². The minimum absolute atomic E-state index is 0.120. The number of hydrogen-bond acceptors (Lipinski definition) is 4. The Morgan fingerprint density at radius 2 is 2.19 bits per heavy atom. The van der Waals surface area contributed by atoms with Gasteiger partial charge in [0.1, 0.15) is 0 Å². The van der Waals surface area contributed by atoms with Crippen LogP contribution in [0.4, 0.5) is 0 Å². The number of amides is 2. The van der Waals surface area contributed by atoms with Crippen LogP contribution in [0.5, 0.6) is 0 Å². The molecule has 0 bridgehead atoms. The second kappa shape index (κ2) is 5.96. The molecule has 1 rings (SSSR count). The van der Waals surface area contributed by atoms with Gasteiger partial charge in [-0.1, -0.05) is 6.92 Å². The minimum atomic E-state index is -0.225. The second-order valence-electron chi connectivity index (χ2n) is 4.14. The number of piperazine rings is 1. The van der Waals surface area contributed by atoms with E-state index in [1.54, 1.807) is 0 Å². The number of rotatable bonds is 5. The van der Waals surface area contributed by atoms with E-state index in [9.17, 15) is 9.59 Å². The SMILES string of the molecule is CCC1NCC(=O)N(CCOC(C)C)C1=O. The fraction of sp³-hybridized carbons (Fsp3) is 0.818. The second-order valence-corrected chi connectivity index (χ2v) is 4.14. The first-order chi connectivity index (χ1) is 7.56. The van der Waals surface area contributed by atoms with Crippen molar-refractivity contribution in [3.05, 3.63) is 0 Å². The molecular formula is C11H20N2O3. The summed E-state index contributed by atoms with van der Waals surface area (Å²) in [6.45, 7) is 6.78. The van der Waals surface area contributed by atoms with Gasteiger partial charge >= 0.3 is 0 Å². The lowest BCUT2D eigenvalue weighted by molar-refractivity contribution is -0.150. The van der Waals surface area contributed by atoms with Gasteiger partial charge in [0.25, 0.3) is 0 Å². The molecule has 0 aromatic carbocycles. The molecule has 1 N–H and O–H groups in total. The quantitative estimate of drug-likeness (QED) is 0.680. The highest BCUT2D eigenvalue weighted by atomic mass is 16.5. The largest absolute Gasteiger partial charge is 0.377 e. The van der Waals surface area contributed by atoms with Crippen molar-refractivity contribution < 1.29 is 14.3 Å². The summed E-state index contributed by atoms with van der Waals surface area (Å²) >= 11 is 0. The predicted octanol–water partition coefficient (Wildman–Crippen LogP) is 0.148. The molecule has 5 heteroatoms. The molecule has 1 aliphatic heterocycles. The van der Waals surface area contributed by atoms with Gasteiger partial charge in [-0.25, -0.2) is 0 Å². The van der Waals surface area contributed by atoms with Gasteiger partial charge in [0, 0.05) is 0 Å². The molecule has 0 aromatic rings. The molecule has 5 nitrogen and oxygen atoms in total. The van der Waals surface area contributed by atoms with Gasteiger partial charge in [-0.2, -0.15) is 0 Å². The topological polar surface area (TPSA) is 58.6 Å². The summed E-state index contributed by atoms with van der Waals surface area (Å²) in [6, 6.07) is -0.225. The Balaban J connectivity index is 2.48. The zero-order valence-electron chi connectivity index (χ0n) is 10.2. The van der Waals surface area contributed by atoms with Crippen molar-refractivity contribution in [3.63, 3.8) is 0 Å². The van der Waals surface area contributed by atoms with Gasteiger partial charge in [0.2, 0.25) is 11.8 Å². The molecule has 0 saturated carbocycles. The number of hydrogen-bond donors (Lipinski definition) is 1. The van der Waals surface area contributed by atoms with E-state index in [-0.39, 0.29) is 30.5 Å². The molecule has 1 atom stereocenters. The Bertz CT molecular complexity index is 266. The van der Waals surface area contributed by atoms with E-state index < -0.39 is 0 Å². The number of nitrogens with one attached hydrogen (secondary N) is 1. The molecule has 0 spiro atoms. The third-order valence-electron chi connectivity index (χ3n) is 2.54. The van der Waals surface area contributed by atoms with Crippen molar-refractivity contribution in [3.8, 4) is 0 Å². The van der Waals surface area contributed by atoms with Crippen LogP contribution in [0.25, 0.3) is 0 Å². The van der Waals surface area contributed by atoms with Crippen LogP contribution >= 0.6 is 0 Å². The van der Waals surface area contributed by atoms with E-state index in [0.717, 1.165) is 0 Å². The molecule has 0 radical (unpaired) electrons. The van der Waals surface area contributed by atoms with E-state index in [1.165, 1.54) is 4.90 Å². The lowest BCUT2D eigenvalue weighted by atomic mass is 10.1. The summed E-state index contributed by atoms with van der Waals surface area (Å²) in [5.41, 5.74) is 0. The number of ether oxygens (including phenoxy) is 1. The van der Waals surface area contributed by atoms with Crippen LogP contribution in [-0.4, -0.2) is 48.6 Å². The van der Waals surface area contributed by atoms with E-state index in [0.29, 0.717) is 19.6 Å². The summed E-state index contributed by atoms with van der Waals surface area (Å²) in [4.78, 5) is 24.7. The summed E-state index contributed by atoms with van der Waals surface area (Å²) in [6.07, 6.45) is 0.822. The summed E-state index contributed by atoms with van der Waals surface area (Å²) < 4.78 is 5.34. The predicted molar refractivity (Wildman–Crippen MR) is 59.9 cm³/mol. The van der Waals surface area contributed by atoms with E-state index >= 15 is 0 Å². The lowest BCUT2D eigenvalue weighted by Gasteiger charge is -2.31. The summed E-state index contributed by atoms with van der Waals surface area (Å²) in [7, 11) is 0. The van der Waals surface area contributed by atoms with Crippen LogP contribution in [0.2, 0.25) is 0 Å². The molecule has 2 amide bonds. The number of carbonyl (C=O) groups excluding carboxylic acids is 2. The third-order valence-corrected chi connectivity index (χ3v) is 2.54. The van der Waals surface area contributed by atoms with Crippen molar-refractivity contribution in [1.29, 1.82) is 0 Å². The first kappa shape index (κ1) is 13.1. The van der Waals surface area contributed by atoms with Crippen LogP contribution in [0, 0.1) is 0 Å². The zero-order valence-corrected chi connectivity index (χ0v) is 10.2. The van der Waals surface area contributed by atoms with Crippen LogP contribution in [0.1, 0.15) is 27.2 Å². The van der Waals surface area contributed by atoms with E-state index in [4.69, 9.17) is 4.74 Å². The van der Waals surface area contributed by atoms with Crippen molar-refractivity contribution in [2.24, 2.45) is 0 Å². The molecule has 16 heavy (non-hydrogen) atoms. The van der Waals surface area contributed by atoms with Crippen LogP contribution in [0.3, 0.4) is 0 Å². The van der Waals surface area contributed by atoms with Crippen molar-refractivity contribution >= 4 is 11.8 Å². The Hall–Kier alpha value is -0.940. The number of imide groups is 1. The molecule has 1 saturated heterocycles. The molecule has 1 unspecified atom stereocenters. The first-order valence-electron chi connectivity index (χ1n) is 5.75. The number of carbonyl (C=O) groups is 2. The molecule has 0 aromatic heterocycles. The molecular weight excluding hydrogens is 208 g/mol. The van der Waals surface area contributed by atoms with Crippen LogP contribution < -0.4 is 5.32 Å². The maximum Gasteiger partial charge on any atom is 0.246 e. The smallest absolute Gasteiger partial charge is 0.246 e. The fourth-order valence-electron chi connectivity index (χ4n) is 1.64. The highest BCUT2D eigenvalue weighted by molar-refractivity contribution is 6.01. The highest BCUT2D eigenvalue weighted by Gasteiger charge is 2.32. The zero-order chi connectivity index (χ0) is 12.1. The van der Waals surface area contributed by atoms with Crippen LogP contribution in [0.15, 0.2) is 0 Å². The van der Waals surface area contributed by atoms with Gasteiger partial charge in [-0.05, 0) is 20.3 Å². The van der Waals surface area contributed by atoms with Crippen molar-refractivity contribution in [2.75, 3.05) is 19.7 Å². The van der Waals surface area contributed by atoms with Gasteiger partial charge in [-0.15, -0.1) is 0 Å².